The Bertz CT molecular complexity index is 402. The predicted octanol–water partition coefficient (Wildman–Crippen LogP) is 2.17. The molecule has 0 atom stereocenters. The maximum absolute atomic E-state index is 8.87. The highest BCUT2D eigenvalue weighted by Crippen LogP contribution is 2.08. The third kappa shape index (κ3) is 5.55. The number of aliphatic hydroxyl groups is 1. The maximum Gasteiger partial charge on any atom is 0.0608 e. The molecule has 3 heteroatoms. The molecule has 17 heavy (non-hydrogen) atoms. The summed E-state index contributed by atoms with van der Waals surface area (Å²) >= 11 is 5.78. The molecule has 1 rings (SSSR count). The minimum Gasteiger partial charge on any atom is -0.395 e. The van der Waals surface area contributed by atoms with E-state index < -0.39 is 0 Å². The van der Waals surface area contributed by atoms with Gasteiger partial charge >= 0.3 is 0 Å². The second-order valence-corrected chi connectivity index (χ2v) is 3.99. The molecule has 0 bridgehead atoms. The molecule has 0 unspecified atom stereocenters. The summed E-state index contributed by atoms with van der Waals surface area (Å²) in [5.41, 5.74) is 0.942. The fourth-order valence-corrected chi connectivity index (χ4v) is 1.47. The average Bonchev–Trinajstić information content (AvgIpc) is 2.32. The molecule has 2 nitrogen and oxygen atoms in total. The molecule has 0 aliphatic carbocycles. The quantitative estimate of drug-likeness (QED) is 0.639. The molecule has 0 aliphatic rings. The van der Waals surface area contributed by atoms with Crippen molar-refractivity contribution in [2.24, 2.45) is 0 Å². The molecular formula is C14H16ClNO. The van der Waals surface area contributed by atoms with Crippen molar-refractivity contribution in [3.05, 3.63) is 47.5 Å². The number of aliphatic hydroxyl groups excluding tert-OH is 1. The van der Waals surface area contributed by atoms with Crippen molar-refractivity contribution in [1.82, 2.24) is 4.90 Å². The molecule has 0 radical (unpaired) electrons. The van der Waals surface area contributed by atoms with E-state index in [0.717, 1.165) is 12.1 Å². The van der Waals surface area contributed by atoms with Crippen LogP contribution in [0.15, 0.2) is 36.9 Å². The largest absolute Gasteiger partial charge is 0.395 e. The second kappa shape index (κ2) is 7.92. The lowest BCUT2D eigenvalue weighted by Crippen LogP contribution is -2.27. The van der Waals surface area contributed by atoms with Gasteiger partial charge < -0.3 is 5.11 Å². The Kier molecular flexibility index (Phi) is 6.42. The summed E-state index contributed by atoms with van der Waals surface area (Å²) in [6.45, 7) is 5.77. The van der Waals surface area contributed by atoms with Gasteiger partial charge in [-0.1, -0.05) is 29.5 Å². The van der Waals surface area contributed by atoms with Crippen LogP contribution in [0.25, 0.3) is 0 Å². The molecule has 0 fully saturated rings. The van der Waals surface area contributed by atoms with Gasteiger partial charge in [-0.15, -0.1) is 6.58 Å². The van der Waals surface area contributed by atoms with Gasteiger partial charge in [0.25, 0.3) is 0 Å². The summed E-state index contributed by atoms with van der Waals surface area (Å²) in [5, 5.41) is 9.58. The Hall–Kier alpha value is -1.27. The fraction of sp³-hybridized carbons (Fsp3) is 0.286. The van der Waals surface area contributed by atoms with Gasteiger partial charge in [0, 0.05) is 23.7 Å². The third-order valence-corrected chi connectivity index (χ3v) is 2.44. The average molecular weight is 250 g/mol. The van der Waals surface area contributed by atoms with Gasteiger partial charge in [-0.2, -0.15) is 0 Å². The zero-order chi connectivity index (χ0) is 12.5. The van der Waals surface area contributed by atoms with Crippen molar-refractivity contribution >= 4 is 11.6 Å². The summed E-state index contributed by atoms with van der Waals surface area (Å²) in [4.78, 5) is 2.02. The standard InChI is InChI=1S/C14H16ClNO/c1-2-9-16(11-12-17)10-3-4-13-5-7-14(15)8-6-13/h2,5-8,17H,1,9-12H2. The van der Waals surface area contributed by atoms with Crippen molar-refractivity contribution < 1.29 is 5.11 Å². The van der Waals surface area contributed by atoms with Gasteiger partial charge in [0.05, 0.1) is 13.2 Å². The van der Waals surface area contributed by atoms with Crippen LogP contribution in [0.4, 0.5) is 0 Å². The first-order valence-electron chi connectivity index (χ1n) is 5.45. The predicted molar refractivity (Wildman–Crippen MR) is 72.1 cm³/mol. The zero-order valence-electron chi connectivity index (χ0n) is 9.69. The Morgan fingerprint density at radius 1 is 1.35 bits per heavy atom. The van der Waals surface area contributed by atoms with Gasteiger partial charge in [-0.3, -0.25) is 4.90 Å². The van der Waals surface area contributed by atoms with Crippen LogP contribution >= 0.6 is 11.6 Å². The van der Waals surface area contributed by atoms with Crippen LogP contribution in [0.5, 0.6) is 0 Å². The summed E-state index contributed by atoms with van der Waals surface area (Å²) in [6, 6.07) is 7.42. The molecule has 0 heterocycles. The van der Waals surface area contributed by atoms with Crippen LogP contribution in [0.1, 0.15) is 5.56 Å². The third-order valence-electron chi connectivity index (χ3n) is 2.18. The number of rotatable bonds is 5. The van der Waals surface area contributed by atoms with E-state index in [2.05, 4.69) is 18.4 Å². The molecule has 0 aliphatic heterocycles. The monoisotopic (exact) mass is 249 g/mol. The van der Waals surface area contributed by atoms with Crippen LogP contribution in [-0.4, -0.2) is 36.2 Å². The molecule has 0 spiro atoms. The van der Waals surface area contributed by atoms with Crippen molar-refractivity contribution in [3.8, 4) is 11.8 Å². The summed E-state index contributed by atoms with van der Waals surface area (Å²) in [7, 11) is 0. The van der Waals surface area contributed by atoms with E-state index >= 15 is 0 Å². The molecule has 0 aromatic heterocycles. The first-order chi connectivity index (χ1) is 8.26. The number of benzene rings is 1. The van der Waals surface area contributed by atoms with Crippen LogP contribution in [0.2, 0.25) is 5.02 Å². The fourth-order valence-electron chi connectivity index (χ4n) is 1.35. The number of hydrogen-bond donors (Lipinski definition) is 1. The first-order valence-corrected chi connectivity index (χ1v) is 5.82. The van der Waals surface area contributed by atoms with Gasteiger partial charge in [0.2, 0.25) is 0 Å². The van der Waals surface area contributed by atoms with Crippen LogP contribution in [0.3, 0.4) is 0 Å². The Morgan fingerprint density at radius 2 is 2.06 bits per heavy atom. The minimum atomic E-state index is 0.135. The van der Waals surface area contributed by atoms with Gasteiger partial charge in [0.15, 0.2) is 0 Å². The molecule has 0 saturated heterocycles. The van der Waals surface area contributed by atoms with E-state index in [1.165, 1.54) is 0 Å². The summed E-state index contributed by atoms with van der Waals surface area (Å²) < 4.78 is 0. The zero-order valence-corrected chi connectivity index (χ0v) is 10.5. The SMILES string of the molecule is C=CCN(CC#Cc1ccc(Cl)cc1)CCO. The van der Waals surface area contributed by atoms with Gasteiger partial charge in [-0.25, -0.2) is 0 Å². The van der Waals surface area contributed by atoms with E-state index in [1.807, 2.05) is 29.2 Å². The summed E-state index contributed by atoms with van der Waals surface area (Å²) in [6.07, 6.45) is 1.81. The normalized spacial score (nSPS) is 9.82. The minimum absolute atomic E-state index is 0.135. The van der Waals surface area contributed by atoms with Crippen molar-refractivity contribution in [3.63, 3.8) is 0 Å². The lowest BCUT2D eigenvalue weighted by atomic mass is 10.2. The Morgan fingerprint density at radius 3 is 2.65 bits per heavy atom. The highest BCUT2D eigenvalue weighted by Gasteiger charge is 1.98. The second-order valence-electron chi connectivity index (χ2n) is 3.56. The van der Waals surface area contributed by atoms with Gasteiger partial charge in [0.1, 0.15) is 0 Å². The highest BCUT2D eigenvalue weighted by molar-refractivity contribution is 6.30. The highest BCUT2D eigenvalue weighted by atomic mass is 35.5. The van der Waals surface area contributed by atoms with E-state index in [-0.39, 0.29) is 6.61 Å². The molecular weight excluding hydrogens is 234 g/mol. The van der Waals surface area contributed by atoms with E-state index in [1.54, 1.807) is 6.08 Å². The molecule has 1 aromatic rings. The van der Waals surface area contributed by atoms with E-state index in [4.69, 9.17) is 16.7 Å². The molecule has 0 amide bonds. The van der Waals surface area contributed by atoms with Crippen molar-refractivity contribution in [2.75, 3.05) is 26.2 Å². The van der Waals surface area contributed by atoms with Gasteiger partial charge in [-0.05, 0) is 24.3 Å². The maximum atomic E-state index is 8.87. The first kappa shape index (κ1) is 13.8. The van der Waals surface area contributed by atoms with Crippen molar-refractivity contribution in [2.45, 2.75) is 0 Å². The number of halogens is 1. The van der Waals surface area contributed by atoms with Crippen LogP contribution in [-0.2, 0) is 0 Å². The molecule has 1 N–H and O–H groups in total. The Labute approximate surface area is 108 Å². The smallest absolute Gasteiger partial charge is 0.0608 e. The molecule has 90 valence electrons. The number of nitrogens with zero attached hydrogens (tertiary/aromatic N) is 1. The van der Waals surface area contributed by atoms with E-state index in [9.17, 15) is 0 Å². The van der Waals surface area contributed by atoms with Crippen LogP contribution in [0, 0.1) is 11.8 Å². The Balaban J connectivity index is 2.53. The van der Waals surface area contributed by atoms with Crippen LogP contribution < -0.4 is 0 Å². The topological polar surface area (TPSA) is 23.5 Å². The lowest BCUT2D eigenvalue weighted by Gasteiger charge is -2.15. The lowest BCUT2D eigenvalue weighted by molar-refractivity contribution is 0.222. The summed E-state index contributed by atoms with van der Waals surface area (Å²) in [5.74, 6) is 6.12. The molecule has 0 saturated carbocycles. The molecule has 1 aromatic carbocycles. The van der Waals surface area contributed by atoms with Crippen molar-refractivity contribution in [1.29, 1.82) is 0 Å². The number of hydrogen-bond acceptors (Lipinski definition) is 2. The van der Waals surface area contributed by atoms with E-state index in [0.29, 0.717) is 18.1 Å².